The van der Waals surface area contributed by atoms with E-state index in [2.05, 4.69) is 70.2 Å². The van der Waals surface area contributed by atoms with Crippen molar-refractivity contribution in [3.8, 4) is 11.4 Å². The summed E-state index contributed by atoms with van der Waals surface area (Å²) in [6, 6.07) is 28.9. The van der Waals surface area contributed by atoms with Crippen molar-refractivity contribution in [3.63, 3.8) is 0 Å². The maximum absolute atomic E-state index is 9.87. The highest BCUT2D eigenvalue weighted by molar-refractivity contribution is 6.25. The van der Waals surface area contributed by atoms with Gasteiger partial charge in [0, 0.05) is 33.3 Å². The number of phenols is 1. The van der Waals surface area contributed by atoms with Crippen molar-refractivity contribution < 1.29 is 5.11 Å². The molecule has 3 heteroatoms. The van der Waals surface area contributed by atoms with Crippen LogP contribution in [-0.2, 0) is 0 Å². The summed E-state index contributed by atoms with van der Waals surface area (Å²) in [5, 5.41) is 14.6. The van der Waals surface area contributed by atoms with Gasteiger partial charge in [-0.15, -0.1) is 0 Å². The number of phenolic OH excluding ortho intramolecular Hbond substituents is 1. The molecule has 2 N–H and O–H groups in total. The normalized spacial score (nSPS) is 11.9. The predicted octanol–water partition coefficient (Wildman–Crippen LogP) is 6.12. The fourth-order valence-corrected chi connectivity index (χ4v) is 4.28. The summed E-state index contributed by atoms with van der Waals surface area (Å²) in [4.78, 5) is 3.55. The summed E-state index contributed by atoms with van der Waals surface area (Å²) in [5.41, 5.74) is 5.57. The lowest BCUT2D eigenvalue weighted by atomic mass is 10.1. The molecule has 27 heavy (non-hydrogen) atoms. The molecule has 0 spiro atoms. The van der Waals surface area contributed by atoms with Gasteiger partial charge in [0.15, 0.2) is 0 Å². The molecular weight excluding hydrogens is 332 g/mol. The molecule has 0 unspecified atom stereocenters. The maximum atomic E-state index is 9.87. The van der Waals surface area contributed by atoms with E-state index in [1.54, 1.807) is 12.1 Å². The Balaban J connectivity index is 1.87. The Bertz CT molecular complexity index is 1470. The second kappa shape index (κ2) is 5.15. The quantitative estimate of drug-likeness (QED) is 0.369. The van der Waals surface area contributed by atoms with Crippen LogP contribution in [0.4, 0.5) is 0 Å². The first-order valence-electron chi connectivity index (χ1n) is 9.03. The first-order chi connectivity index (χ1) is 13.3. The van der Waals surface area contributed by atoms with Gasteiger partial charge in [0.1, 0.15) is 5.75 Å². The SMILES string of the molecule is Oc1ccc2c(c1)[nH]c1c2ccc2c1c1ccccc1n2-c1ccccc1. The molecule has 6 rings (SSSR count). The van der Waals surface area contributed by atoms with Crippen LogP contribution in [0.1, 0.15) is 0 Å². The molecule has 0 atom stereocenters. The molecule has 3 nitrogen and oxygen atoms in total. The predicted molar refractivity (Wildman–Crippen MR) is 112 cm³/mol. The summed E-state index contributed by atoms with van der Waals surface area (Å²) in [5.74, 6) is 0.275. The van der Waals surface area contributed by atoms with Crippen LogP contribution in [0.2, 0.25) is 0 Å². The van der Waals surface area contributed by atoms with Crippen molar-refractivity contribution in [2.75, 3.05) is 0 Å². The van der Waals surface area contributed by atoms with Crippen LogP contribution in [0.15, 0.2) is 84.9 Å². The van der Waals surface area contributed by atoms with Gasteiger partial charge < -0.3 is 14.7 Å². The molecule has 0 fully saturated rings. The van der Waals surface area contributed by atoms with Gasteiger partial charge >= 0.3 is 0 Å². The molecule has 0 aliphatic heterocycles. The topological polar surface area (TPSA) is 40.9 Å². The Morgan fingerprint density at radius 1 is 0.667 bits per heavy atom. The summed E-state index contributed by atoms with van der Waals surface area (Å²) < 4.78 is 2.31. The minimum absolute atomic E-state index is 0.275. The number of fused-ring (bicyclic) bond motifs is 7. The molecule has 128 valence electrons. The van der Waals surface area contributed by atoms with Crippen LogP contribution in [-0.4, -0.2) is 14.7 Å². The molecule has 0 amide bonds. The lowest BCUT2D eigenvalue weighted by Crippen LogP contribution is -1.92. The van der Waals surface area contributed by atoms with Crippen LogP contribution in [0.25, 0.3) is 49.3 Å². The highest BCUT2D eigenvalue weighted by Gasteiger charge is 2.16. The van der Waals surface area contributed by atoms with Gasteiger partial charge in [-0.25, -0.2) is 0 Å². The van der Waals surface area contributed by atoms with E-state index >= 15 is 0 Å². The highest BCUT2D eigenvalue weighted by Crippen LogP contribution is 2.39. The average molecular weight is 348 g/mol. The van der Waals surface area contributed by atoms with Gasteiger partial charge in [-0.3, -0.25) is 0 Å². The summed E-state index contributed by atoms with van der Waals surface area (Å²) in [7, 11) is 0. The molecule has 0 bridgehead atoms. The van der Waals surface area contributed by atoms with Gasteiger partial charge in [-0.1, -0.05) is 42.5 Å². The Labute approximate surface area is 155 Å². The average Bonchev–Trinajstić information content (AvgIpc) is 3.23. The van der Waals surface area contributed by atoms with Crippen LogP contribution >= 0.6 is 0 Å². The number of hydrogen-bond donors (Lipinski definition) is 2. The third-order valence-corrected chi connectivity index (χ3v) is 5.41. The summed E-state index contributed by atoms with van der Waals surface area (Å²) >= 11 is 0. The van der Waals surface area contributed by atoms with Gasteiger partial charge in [0.05, 0.1) is 22.1 Å². The summed E-state index contributed by atoms with van der Waals surface area (Å²) in [6.07, 6.45) is 0. The number of rotatable bonds is 1. The molecule has 2 aromatic heterocycles. The van der Waals surface area contributed by atoms with E-state index in [0.717, 1.165) is 22.1 Å². The Morgan fingerprint density at radius 2 is 1.44 bits per heavy atom. The zero-order valence-corrected chi connectivity index (χ0v) is 14.5. The zero-order chi connectivity index (χ0) is 18.0. The number of H-pyrrole nitrogens is 1. The van der Waals surface area contributed by atoms with Crippen LogP contribution in [0.5, 0.6) is 5.75 Å². The lowest BCUT2D eigenvalue weighted by Gasteiger charge is -2.07. The van der Waals surface area contributed by atoms with Crippen LogP contribution < -0.4 is 0 Å². The standard InChI is InChI=1S/C24H16N2O/c27-16-10-11-17-18-12-13-22-23(24(18)25-20(17)14-16)19-8-4-5-9-21(19)26(22)15-6-2-1-3-7-15/h1-14,25,27H. The minimum atomic E-state index is 0.275. The largest absolute Gasteiger partial charge is 0.508 e. The van der Waals surface area contributed by atoms with Gasteiger partial charge in [-0.05, 0) is 36.4 Å². The minimum Gasteiger partial charge on any atom is -0.508 e. The number of aromatic hydroxyl groups is 1. The number of para-hydroxylation sites is 2. The fourth-order valence-electron chi connectivity index (χ4n) is 4.28. The molecule has 4 aromatic carbocycles. The van der Waals surface area contributed by atoms with E-state index < -0.39 is 0 Å². The first-order valence-corrected chi connectivity index (χ1v) is 9.03. The lowest BCUT2D eigenvalue weighted by molar-refractivity contribution is 0.476. The van der Waals surface area contributed by atoms with Crippen LogP contribution in [0, 0.1) is 0 Å². The second-order valence-electron chi connectivity index (χ2n) is 6.93. The number of benzene rings is 4. The van der Waals surface area contributed by atoms with Crippen molar-refractivity contribution >= 4 is 43.6 Å². The highest BCUT2D eigenvalue weighted by atomic mass is 16.3. The third-order valence-electron chi connectivity index (χ3n) is 5.41. The van der Waals surface area contributed by atoms with E-state index in [1.807, 2.05) is 12.1 Å². The number of aromatic amines is 1. The van der Waals surface area contributed by atoms with Crippen molar-refractivity contribution in [2.45, 2.75) is 0 Å². The van der Waals surface area contributed by atoms with Crippen molar-refractivity contribution in [2.24, 2.45) is 0 Å². The van der Waals surface area contributed by atoms with E-state index in [4.69, 9.17) is 0 Å². The van der Waals surface area contributed by atoms with E-state index in [9.17, 15) is 5.11 Å². The van der Waals surface area contributed by atoms with Gasteiger partial charge in [-0.2, -0.15) is 0 Å². The smallest absolute Gasteiger partial charge is 0.117 e. The maximum Gasteiger partial charge on any atom is 0.117 e. The Morgan fingerprint density at radius 3 is 2.33 bits per heavy atom. The number of aromatic nitrogens is 2. The molecule has 0 saturated carbocycles. The van der Waals surface area contributed by atoms with E-state index in [1.165, 1.54) is 27.2 Å². The molecule has 0 aliphatic rings. The summed E-state index contributed by atoms with van der Waals surface area (Å²) in [6.45, 7) is 0. The molecule has 0 radical (unpaired) electrons. The number of nitrogens with one attached hydrogen (secondary N) is 1. The fraction of sp³-hybridized carbons (Fsp3) is 0. The van der Waals surface area contributed by atoms with Gasteiger partial charge in [0.2, 0.25) is 0 Å². The molecule has 2 heterocycles. The molecule has 0 aliphatic carbocycles. The van der Waals surface area contributed by atoms with Gasteiger partial charge in [0.25, 0.3) is 0 Å². The monoisotopic (exact) mass is 348 g/mol. The number of hydrogen-bond acceptors (Lipinski definition) is 1. The molecular formula is C24H16N2O. The molecule has 6 aromatic rings. The first kappa shape index (κ1) is 14.4. The van der Waals surface area contributed by atoms with Crippen molar-refractivity contribution in [1.29, 1.82) is 0 Å². The Hall–Kier alpha value is -3.72. The Kier molecular flexibility index (Phi) is 2.75. The van der Waals surface area contributed by atoms with Crippen molar-refractivity contribution in [3.05, 3.63) is 84.9 Å². The van der Waals surface area contributed by atoms with E-state index in [0.29, 0.717) is 0 Å². The molecule has 0 saturated heterocycles. The second-order valence-corrected chi connectivity index (χ2v) is 6.93. The van der Waals surface area contributed by atoms with E-state index in [-0.39, 0.29) is 5.75 Å². The van der Waals surface area contributed by atoms with Crippen LogP contribution in [0.3, 0.4) is 0 Å². The third kappa shape index (κ3) is 1.91. The number of nitrogens with zero attached hydrogens (tertiary/aromatic N) is 1. The van der Waals surface area contributed by atoms with Crippen molar-refractivity contribution in [1.82, 2.24) is 9.55 Å². The zero-order valence-electron chi connectivity index (χ0n) is 14.5.